The Labute approximate surface area is 175 Å². The van der Waals surface area contributed by atoms with E-state index in [1.807, 2.05) is 18.2 Å². The summed E-state index contributed by atoms with van der Waals surface area (Å²) < 4.78 is 13.0. The van der Waals surface area contributed by atoms with Crippen LogP contribution in [-0.2, 0) is 37.1 Å². The van der Waals surface area contributed by atoms with Gasteiger partial charge >= 0.3 is 0 Å². The van der Waals surface area contributed by atoms with Crippen LogP contribution in [0.2, 0.25) is 0 Å². The molecule has 29 heavy (non-hydrogen) atoms. The highest BCUT2D eigenvalue weighted by Crippen LogP contribution is 2.47. The summed E-state index contributed by atoms with van der Waals surface area (Å²) in [5.41, 5.74) is 5.97. The lowest BCUT2D eigenvalue weighted by Crippen LogP contribution is -2.25. The fraction of sp³-hybridized carbons (Fsp3) is 0.500. The van der Waals surface area contributed by atoms with Gasteiger partial charge in [0.15, 0.2) is 0 Å². The van der Waals surface area contributed by atoms with Crippen molar-refractivity contribution >= 4 is 6.29 Å². The normalized spacial score (nSPS) is 14.3. The second kappa shape index (κ2) is 9.47. The van der Waals surface area contributed by atoms with E-state index in [4.69, 9.17) is 9.47 Å². The minimum Gasteiger partial charge on any atom is -0.488 e. The zero-order valence-corrected chi connectivity index (χ0v) is 18.3. The molecule has 0 atom stereocenters. The van der Waals surface area contributed by atoms with Gasteiger partial charge in [0.1, 0.15) is 30.0 Å². The lowest BCUT2D eigenvalue weighted by atomic mass is 9.87. The Kier molecular flexibility index (Phi) is 7.00. The van der Waals surface area contributed by atoms with Crippen molar-refractivity contribution in [3.8, 4) is 11.5 Å². The first kappa shape index (κ1) is 21.4. The summed E-state index contributed by atoms with van der Waals surface area (Å²) in [5, 5.41) is 0. The zero-order valence-electron chi connectivity index (χ0n) is 18.3. The Balaban J connectivity index is 2.13. The number of ether oxygens (including phenoxy) is 2. The minimum atomic E-state index is -0.220. The minimum absolute atomic E-state index is 0.220. The molecule has 0 saturated heterocycles. The van der Waals surface area contributed by atoms with Crippen molar-refractivity contribution in [2.24, 2.45) is 0 Å². The van der Waals surface area contributed by atoms with Crippen LogP contribution in [0.5, 0.6) is 11.5 Å². The van der Waals surface area contributed by atoms with Crippen molar-refractivity contribution in [1.29, 1.82) is 0 Å². The molecular weight excluding hydrogens is 360 g/mol. The molecule has 1 aliphatic rings. The monoisotopic (exact) mass is 394 g/mol. The highest BCUT2D eigenvalue weighted by Gasteiger charge is 2.36. The molecule has 0 saturated carbocycles. The van der Waals surface area contributed by atoms with E-state index in [0.717, 1.165) is 49.9 Å². The molecule has 2 aromatic carbocycles. The first-order chi connectivity index (χ1) is 14.0. The molecule has 1 heterocycles. The van der Waals surface area contributed by atoms with Gasteiger partial charge in [0.05, 0.1) is 0 Å². The molecule has 3 nitrogen and oxygen atoms in total. The van der Waals surface area contributed by atoms with Crippen molar-refractivity contribution < 1.29 is 14.3 Å². The Bertz CT molecular complexity index is 837. The zero-order chi connectivity index (χ0) is 20.9. The Morgan fingerprint density at radius 3 is 2.34 bits per heavy atom. The van der Waals surface area contributed by atoms with Crippen molar-refractivity contribution in [2.45, 2.75) is 84.8 Å². The van der Waals surface area contributed by atoms with Crippen LogP contribution in [0.1, 0.15) is 74.8 Å². The second-order valence-corrected chi connectivity index (χ2v) is 8.59. The molecule has 3 heteroatoms. The van der Waals surface area contributed by atoms with Crippen LogP contribution in [0.25, 0.3) is 0 Å². The molecular formula is C26H34O3. The van der Waals surface area contributed by atoms with E-state index in [1.165, 1.54) is 27.8 Å². The highest BCUT2D eigenvalue weighted by molar-refractivity contribution is 5.63. The number of benzene rings is 2. The fourth-order valence-electron chi connectivity index (χ4n) is 4.36. The first-order valence-electron chi connectivity index (χ1n) is 11.0. The third-order valence-electron chi connectivity index (χ3n) is 5.54. The molecule has 1 aliphatic heterocycles. The molecule has 0 bridgehead atoms. The van der Waals surface area contributed by atoms with Crippen LogP contribution in [-0.4, -0.2) is 11.9 Å². The smallest absolute Gasteiger partial charge is 0.127 e. The van der Waals surface area contributed by atoms with Gasteiger partial charge in [0, 0.05) is 35.1 Å². The topological polar surface area (TPSA) is 35.5 Å². The number of aldehydes is 1. The number of hydrogen-bond acceptors (Lipinski definition) is 3. The Morgan fingerprint density at radius 1 is 1.00 bits per heavy atom. The summed E-state index contributed by atoms with van der Waals surface area (Å²) in [5.74, 6) is 2.06. The third-order valence-corrected chi connectivity index (χ3v) is 5.54. The standard InChI is InChI=1S/C26H34O3/c1-5-11-20-22(15-10-16-27)25-23(17-26(3,4)29-25)21(12-6-2)24(20)28-18-19-13-8-7-9-14-19/h7-9,13-14,16H,5-6,10-12,15,17-18H2,1-4H3. The largest absolute Gasteiger partial charge is 0.488 e. The van der Waals surface area contributed by atoms with Gasteiger partial charge in [-0.3, -0.25) is 0 Å². The van der Waals surface area contributed by atoms with Crippen molar-refractivity contribution in [3.05, 3.63) is 58.1 Å². The number of rotatable bonds is 10. The van der Waals surface area contributed by atoms with E-state index in [9.17, 15) is 4.79 Å². The van der Waals surface area contributed by atoms with E-state index in [-0.39, 0.29) is 5.60 Å². The van der Waals surface area contributed by atoms with Gasteiger partial charge in [-0.25, -0.2) is 0 Å². The second-order valence-electron chi connectivity index (χ2n) is 8.59. The van der Waals surface area contributed by atoms with Crippen molar-refractivity contribution in [1.82, 2.24) is 0 Å². The average Bonchev–Trinajstić information content (AvgIpc) is 3.03. The molecule has 0 fully saturated rings. The molecule has 0 aliphatic carbocycles. The first-order valence-corrected chi connectivity index (χ1v) is 11.0. The highest BCUT2D eigenvalue weighted by atomic mass is 16.5. The maximum absolute atomic E-state index is 11.2. The quantitative estimate of drug-likeness (QED) is 0.463. The number of carbonyl (C=O) groups is 1. The molecule has 0 spiro atoms. The average molecular weight is 395 g/mol. The molecule has 156 valence electrons. The summed E-state index contributed by atoms with van der Waals surface area (Å²) in [6.07, 6.45) is 7.13. The molecule has 3 rings (SSSR count). The summed E-state index contributed by atoms with van der Waals surface area (Å²) in [6.45, 7) is 9.27. The maximum Gasteiger partial charge on any atom is 0.127 e. The molecule has 0 unspecified atom stereocenters. The third kappa shape index (κ3) is 4.83. The van der Waals surface area contributed by atoms with Gasteiger partial charge in [-0.05, 0) is 38.7 Å². The predicted molar refractivity (Wildman–Crippen MR) is 118 cm³/mol. The van der Waals surface area contributed by atoms with Crippen LogP contribution in [0.4, 0.5) is 0 Å². The van der Waals surface area contributed by atoms with Crippen LogP contribution < -0.4 is 9.47 Å². The predicted octanol–water partition coefficient (Wildman–Crippen LogP) is 6.02. The van der Waals surface area contributed by atoms with Crippen molar-refractivity contribution in [3.63, 3.8) is 0 Å². The van der Waals surface area contributed by atoms with Crippen LogP contribution in [0.3, 0.4) is 0 Å². The lowest BCUT2D eigenvalue weighted by molar-refractivity contribution is -0.107. The fourth-order valence-corrected chi connectivity index (χ4v) is 4.36. The van der Waals surface area contributed by atoms with Gasteiger partial charge in [0.2, 0.25) is 0 Å². The lowest BCUT2D eigenvalue weighted by Gasteiger charge is -2.23. The summed E-state index contributed by atoms with van der Waals surface area (Å²) in [7, 11) is 0. The van der Waals surface area contributed by atoms with E-state index in [0.29, 0.717) is 19.4 Å². The van der Waals surface area contributed by atoms with Gasteiger partial charge in [0.25, 0.3) is 0 Å². The van der Waals surface area contributed by atoms with E-state index >= 15 is 0 Å². The Morgan fingerprint density at radius 2 is 1.69 bits per heavy atom. The van der Waals surface area contributed by atoms with Crippen LogP contribution in [0, 0.1) is 0 Å². The summed E-state index contributed by atoms with van der Waals surface area (Å²) in [4.78, 5) is 11.2. The van der Waals surface area contributed by atoms with Crippen molar-refractivity contribution in [2.75, 3.05) is 0 Å². The Hall–Kier alpha value is -2.29. The summed E-state index contributed by atoms with van der Waals surface area (Å²) >= 11 is 0. The number of carbonyl (C=O) groups excluding carboxylic acids is 1. The number of fused-ring (bicyclic) bond motifs is 1. The molecule has 0 amide bonds. The van der Waals surface area contributed by atoms with Gasteiger partial charge in [-0.2, -0.15) is 0 Å². The molecule has 0 aromatic heterocycles. The molecule has 0 radical (unpaired) electrons. The van der Waals surface area contributed by atoms with E-state index in [1.54, 1.807) is 0 Å². The van der Waals surface area contributed by atoms with E-state index in [2.05, 4.69) is 39.8 Å². The molecule has 2 aromatic rings. The van der Waals surface area contributed by atoms with Gasteiger partial charge in [-0.1, -0.05) is 57.0 Å². The van der Waals surface area contributed by atoms with Crippen LogP contribution in [0.15, 0.2) is 30.3 Å². The number of hydrogen-bond donors (Lipinski definition) is 0. The van der Waals surface area contributed by atoms with Crippen LogP contribution >= 0.6 is 0 Å². The molecule has 0 N–H and O–H groups in total. The van der Waals surface area contributed by atoms with Gasteiger partial charge < -0.3 is 14.3 Å². The summed E-state index contributed by atoms with van der Waals surface area (Å²) in [6, 6.07) is 10.3. The SMILES string of the molecule is CCCc1c(CCC=O)c2c(c(CCC)c1OCc1ccccc1)CC(C)(C)O2. The van der Waals surface area contributed by atoms with Gasteiger partial charge in [-0.15, -0.1) is 0 Å². The van der Waals surface area contributed by atoms with E-state index < -0.39 is 0 Å². The maximum atomic E-state index is 11.2.